The molecule has 0 bridgehead atoms. The van der Waals surface area contributed by atoms with Crippen LogP contribution < -0.4 is 5.32 Å². The van der Waals surface area contributed by atoms with Gasteiger partial charge in [-0.05, 0) is 31.0 Å². The van der Waals surface area contributed by atoms with Gasteiger partial charge >= 0.3 is 0 Å². The lowest BCUT2D eigenvalue weighted by Gasteiger charge is -2.29. The van der Waals surface area contributed by atoms with Gasteiger partial charge in [0.2, 0.25) is 15.9 Å². The van der Waals surface area contributed by atoms with Crippen molar-refractivity contribution < 1.29 is 13.2 Å². The van der Waals surface area contributed by atoms with Gasteiger partial charge in [-0.1, -0.05) is 18.2 Å². The fraction of sp³-hybridized carbons (Fsp3) is 0.375. The zero-order valence-corrected chi connectivity index (χ0v) is 13.7. The van der Waals surface area contributed by atoms with Crippen molar-refractivity contribution in [2.45, 2.75) is 12.8 Å². The molecule has 3 rings (SSSR count). The van der Waals surface area contributed by atoms with Crippen LogP contribution in [0.15, 0.2) is 36.4 Å². The third-order valence-electron chi connectivity index (χ3n) is 4.07. The van der Waals surface area contributed by atoms with Crippen LogP contribution in [0.4, 0.5) is 5.82 Å². The van der Waals surface area contributed by atoms with E-state index < -0.39 is 10.0 Å². The lowest BCUT2D eigenvalue weighted by Crippen LogP contribution is -2.43. The number of carbonyl (C=O) groups is 1. The molecule has 1 atom stereocenters. The maximum absolute atomic E-state index is 12.4. The molecule has 0 saturated carbocycles. The smallest absolute Gasteiger partial charge is 0.229 e. The Kier molecular flexibility index (Phi) is 4.32. The summed E-state index contributed by atoms with van der Waals surface area (Å²) in [4.78, 5) is 16.8. The Labute approximate surface area is 135 Å². The number of aromatic nitrogens is 1. The number of para-hydroxylation sites is 1. The molecule has 1 fully saturated rings. The Morgan fingerprint density at radius 1 is 1.26 bits per heavy atom. The summed E-state index contributed by atoms with van der Waals surface area (Å²) in [5.74, 6) is -0.0296. The molecule has 6 nitrogen and oxygen atoms in total. The van der Waals surface area contributed by atoms with Crippen molar-refractivity contribution in [3.63, 3.8) is 0 Å². The second-order valence-electron chi connectivity index (χ2n) is 5.84. The fourth-order valence-corrected chi connectivity index (χ4v) is 3.73. The SMILES string of the molecule is CS(=O)(=O)N1CCCC(C(=O)Nc2ccc3ccccc3n2)C1. The Morgan fingerprint density at radius 3 is 2.83 bits per heavy atom. The van der Waals surface area contributed by atoms with Crippen LogP contribution in [0.5, 0.6) is 0 Å². The first-order valence-corrected chi connectivity index (χ1v) is 9.40. The van der Waals surface area contributed by atoms with Gasteiger partial charge in [0.25, 0.3) is 0 Å². The molecule has 1 saturated heterocycles. The molecule has 7 heteroatoms. The van der Waals surface area contributed by atoms with Crippen molar-refractivity contribution >= 4 is 32.7 Å². The highest BCUT2D eigenvalue weighted by molar-refractivity contribution is 7.88. The van der Waals surface area contributed by atoms with E-state index in [2.05, 4.69) is 10.3 Å². The lowest BCUT2D eigenvalue weighted by molar-refractivity contribution is -0.120. The number of piperidine rings is 1. The minimum Gasteiger partial charge on any atom is -0.310 e. The van der Waals surface area contributed by atoms with Gasteiger partial charge in [-0.2, -0.15) is 0 Å². The summed E-state index contributed by atoms with van der Waals surface area (Å²) >= 11 is 0. The zero-order valence-electron chi connectivity index (χ0n) is 12.9. The van der Waals surface area contributed by atoms with Crippen LogP contribution in [0.3, 0.4) is 0 Å². The van der Waals surface area contributed by atoms with E-state index in [0.29, 0.717) is 25.2 Å². The highest BCUT2D eigenvalue weighted by Gasteiger charge is 2.30. The number of amides is 1. The van der Waals surface area contributed by atoms with E-state index in [1.165, 1.54) is 10.6 Å². The Balaban J connectivity index is 1.72. The number of fused-ring (bicyclic) bond motifs is 1. The average molecular weight is 333 g/mol. The normalized spacial score (nSPS) is 19.6. The number of nitrogens with one attached hydrogen (secondary N) is 1. The van der Waals surface area contributed by atoms with E-state index in [0.717, 1.165) is 10.9 Å². The lowest BCUT2D eigenvalue weighted by atomic mass is 9.99. The van der Waals surface area contributed by atoms with Gasteiger partial charge in [0, 0.05) is 18.5 Å². The van der Waals surface area contributed by atoms with Crippen LogP contribution in [0.25, 0.3) is 10.9 Å². The van der Waals surface area contributed by atoms with Crippen LogP contribution in [0.2, 0.25) is 0 Å². The first kappa shape index (κ1) is 15.9. The van der Waals surface area contributed by atoms with Crippen molar-refractivity contribution in [3.8, 4) is 0 Å². The van der Waals surface area contributed by atoms with Crippen molar-refractivity contribution in [3.05, 3.63) is 36.4 Å². The van der Waals surface area contributed by atoms with Crippen LogP contribution >= 0.6 is 0 Å². The largest absolute Gasteiger partial charge is 0.310 e. The second kappa shape index (κ2) is 6.25. The molecule has 1 aliphatic heterocycles. The van der Waals surface area contributed by atoms with Gasteiger partial charge in [-0.3, -0.25) is 4.79 Å². The quantitative estimate of drug-likeness (QED) is 0.929. The van der Waals surface area contributed by atoms with Crippen LogP contribution in [-0.2, 0) is 14.8 Å². The highest BCUT2D eigenvalue weighted by atomic mass is 32.2. The summed E-state index contributed by atoms with van der Waals surface area (Å²) in [5.41, 5.74) is 0.812. The predicted molar refractivity (Wildman–Crippen MR) is 89.5 cm³/mol. The molecule has 2 aromatic rings. The number of hydrogen-bond acceptors (Lipinski definition) is 4. The highest BCUT2D eigenvalue weighted by Crippen LogP contribution is 2.21. The van der Waals surface area contributed by atoms with E-state index in [-0.39, 0.29) is 18.4 Å². The zero-order chi connectivity index (χ0) is 16.4. The second-order valence-corrected chi connectivity index (χ2v) is 7.82. The molecule has 23 heavy (non-hydrogen) atoms. The molecule has 2 heterocycles. The third kappa shape index (κ3) is 3.68. The van der Waals surface area contributed by atoms with Crippen LogP contribution in [0, 0.1) is 5.92 Å². The number of rotatable bonds is 3. The Morgan fingerprint density at radius 2 is 2.04 bits per heavy atom. The first-order valence-electron chi connectivity index (χ1n) is 7.55. The molecule has 1 aliphatic rings. The van der Waals surface area contributed by atoms with E-state index in [9.17, 15) is 13.2 Å². The summed E-state index contributed by atoms with van der Waals surface area (Å²) in [6.45, 7) is 0.717. The number of nitrogens with zero attached hydrogens (tertiary/aromatic N) is 2. The predicted octanol–water partition coefficient (Wildman–Crippen LogP) is 1.84. The standard InChI is InChI=1S/C16H19N3O3S/c1-23(21,22)19-10-4-6-13(11-19)16(20)18-15-9-8-12-5-2-3-7-14(12)17-15/h2-3,5,7-9,13H,4,6,10-11H2,1H3,(H,17,18,20). The summed E-state index contributed by atoms with van der Waals surface area (Å²) in [6.07, 6.45) is 2.56. The first-order chi connectivity index (χ1) is 10.9. The van der Waals surface area contributed by atoms with Crippen molar-refractivity contribution in [2.75, 3.05) is 24.7 Å². The average Bonchev–Trinajstić information content (AvgIpc) is 2.54. The molecule has 0 aliphatic carbocycles. The van der Waals surface area contributed by atoms with Crippen LogP contribution in [-0.4, -0.2) is 43.0 Å². The van der Waals surface area contributed by atoms with E-state index in [1.807, 2.05) is 30.3 Å². The summed E-state index contributed by atoms with van der Waals surface area (Å²) < 4.78 is 24.7. The molecule has 1 aromatic heterocycles. The maximum Gasteiger partial charge on any atom is 0.229 e. The molecule has 0 spiro atoms. The molecule has 1 unspecified atom stereocenters. The third-order valence-corrected chi connectivity index (χ3v) is 5.34. The van der Waals surface area contributed by atoms with Gasteiger partial charge in [0.05, 0.1) is 17.7 Å². The summed E-state index contributed by atoms with van der Waals surface area (Å²) in [5, 5.41) is 3.81. The van der Waals surface area contributed by atoms with E-state index in [1.54, 1.807) is 6.07 Å². The number of sulfonamides is 1. The van der Waals surface area contributed by atoms with Gasteiger partial charge in [-0.25, -0.2) is 17.7 Å². The summed E-state index contributed by atoms with van der Waals surface area (Å²) in [6, 6.07) is 11.3. The Bertz CT molecular complexity index is 835. The molecule has 1 amide bonds. The van der Waals surface area contributed by atoms with Gasteiger partial charge < -0.3 is 5.32 Å². The van der Waals surface area contributed by atoms with Crippen LogP contribution in [0.1, 0.15) is 12.8 Å². The molecule has 1 aromatic carbocycles. The van der Waals surface area contributed by atoms with E-state index in [4.69, 9.17) is 0 Å². The number of hydrogen-bond donors (Lipinski definition) is 1. The molecular weight excluding hydrogens is 314 g/mol. The number of pyridine rings is 1. The minimum absolute atomic E-state index is 0.180. The number of benzene rings is 1. The van der Waals surface area contributed by atoms with Gasteiger partial charge in [0.15, 0.2) is 0 Å². The maximum atomic E-state index is 12.4. The minimum atomic E-state index is -3.26. The van der Waals surface area contributed by atoms with Crippen molar-refractivity contribution in [1.29, 1.82) is 0 Å². The molecule has 1 N–H and O–H groups in total. The van der Waals surface area contributed by atoms with Crippen molar-refractivity contribution in [1.82, 2.24) is 9.29 Å². The number of carbonyl (C=O) groups excluding carboxylic acids is 1. The Hall–Kier alpha value is -1.99. The summed E-state index contributed by atoms with van der Waals surface area (Å²) in [7, 11) is -3.26. The molecular formula is C16H19N3O3S. The number of anilines is 1. The fourth-order valence-electron chi connectivity index (χ4n) is 2.82. The van der Waals surface area contributed by atoms with E-state index >= 15 is 0 Å². The molecule has 0 radical (unpaired) electrons. The van der Waals surface area contributed by atoms with Gasteiger partial charge in [-0.15, -0.1) is 0 Å². The topological polar surface area (TPSA) is 79.4 Å². The monoisotopic (exact) mass is 333 g/mol. The molecule has 122 valence electrons. The van der Waals surface area contributed by atoms with Gasteiger partial charge in [0.1, 0.15) is 5.82 Å². The van der Waals surface area contributed by atoms with Crippen molar-refractivity contribution in [2.24, 2.45) is 5.92 Å².